The number of fused-ring (bicyclic) bond motifs is 2. The average molecular weight is 344 g/mol. The molecule has 25 heavy (non-hydrogen) atoms. The van der Waals surface area contributed by atoms with Gasteiger partial charge in [-0.25, -0.2) is 9.59 Å². The quantitative estimate of drug-likeness (QED) is 0.415. The van der Waals surface area contributed by atoms with Gasteiger partial charge in [-0.1, -0.05) is 31.7 Å². The maximum atomic E-state index is 11.7. The summed E-state index contributed by atoms with van der Waals surface area (Å²) in [7, 11) is 0. The minimum absolute atomic E-state index is 0.0262. The lowest BCUT2D eigenvalue weighted by Gasteiger charge is -2.27. The van der Waals surface area contributed by atoms with Gasteiger partial charge in [0.25, 0.3) is 0 Å². The van der Waals surface area contributed by atoms with Crippen LogP contribution >= 0.6 is 0 Å². The number of rotatable bonds is 6. The Morgan fingerprint density at radius 1 is 1.48 bits per heavy atom. The maximum absolute atomic E-state index is 11.7. The second kappa shape index (κ2) is 6.81. The molecule has 0 amide bonds. The first-order valence-electron chi connectivity index (χ1n) is 9.26. The standard InChI is InChI=1S/C21H28O4/c1-5-6-7-8-19(22)24-13(2)9-10-16-17-11-15-14(3)20(23)25-18(15)12-21(16,17)4/h5-8,13,15-18H,3,9-12H2,1-2,4H3/b6-5+,8-7+/t13?,15-,16?,17+,18-,21-/m1/s1. The van der Waals surface area contributed by atoms with Crippen LogP contribution in [0.15, 0.2) is 36.5 Å². The van der Waals surface area contributed by atoms with Crippen molar-refractivity contribution in [2.24, 2.45) is 23.2 Å². The summed E-state index contributed by atoms with van der Waals surface area (Å²) in [5.74, 6) is 0.982. The molecule has 2 unspecified atom stereocenters. The Morgan fingerprint density at radius 2 is 2.24 bits per heavy atom. The highest BCUT2D eigenvalue weighted by molar-refractivity contribution is 5.90. The van der Waals surface area contributed by atoms with Crippen molar-refractivity contribution in [1.29, 1.82) is 0 Å². The Balaban J connectivity index is 1.47. The molecule has 0 radical (unpaired) electrons. The molecule has 4 nitrogen and oxygen atoms in total. The minimum atomic E-state index is -0.289. The van der Waals surface area contributed by atoms with Crippen LogP contribution < -0.4 is 0 Å². The Hall–Kier alpha value is -1.84. The van der Waals surface area contributed by atoms with Crippen LogP contribution in [0.4, 0.5) is 0 Å². The molecule has 4 heteroatoms. The first kappa shape index (κ1) is 18.0. The monoisotopic (exact) mass is 344 g/mol. The molecule has 0 spiro atoms. The summed E-state index contributed by atoms with van der Waals surface area (Å²) in [6.07, 6.45) is 10.6. The van der Waals surface area contributed by atoms with Gasteiger partial charge < -0.3 is 9.47 Å². The van der Waals surface area contributed by atoms with Crippen molar-refractivity contribution in [3.8, 4) is 0 Å². The highest BCUT2D eigenvalue weighted by Crippen LogP contribution is 2.70. The zero-order chi connectivity index (χ0) is 18.2. The second-order valence-corrected chi connectivity index (χ2v) is 7.94. The first-order valence-corrected chi connectivity index (χ1v) is 9.26. The molecule has 3 aliphatic rings. The van der Waals surface area contributed by atoms with Crippen molar-refractivity contribution in [3.05, 3.63) is 36.5 Å². The number of esters is 2. The smallest absolute Gasteiger partial charge is 0.334 e. The summed E-state index contributed by atoms with van der Waals surface area (Å²) >= 11 is 0. The van der Waals surface area contributed by atoms with Crippen molar-refractivity contribution >= 4 is 11.9 Å². The van der Waals surface area contributed by atoms with E-state index in [0.717, 1.165) is 25.7 Å². The lowest BCUT2D eigenvalue weighted by Crippen LogP contribution is -2.26. The van der Waals surface area contributed by atoms with Crippen LogP contribution in [0, 0.1) is 23.2 Å². The average Bonchev–Trinajstić information content (AvgIpc) is 3.03. The van der Waals surface area contributed by atoms with Crippen LogP contribution in [0.2, 0.25) is 0 Å². The molecule has 2 saturated carbocycles. The first-order chi connectivity index (χ1) is 11.9. The molecule has 6 atom stereocenters. The normalized spacial score (nSPS) is 37.7. The van der Waals surface area contributed by atoms with Crippen LogP contribution in [0.1, 0.15) is 46.5 Å². The molecule has 0 aromatic carbocycles. The van der Waals surface area contributed by atoms with Gasteiger partial charge in [0.15, 0.2) is 0 Å². The molecule has 1 aliphatic heterocycles. The Bertz CT molecular complexity index is 632. The highest BCUT2D eigenvalue weighted by atomic mass is 16.6. The van der Waals surface area contributed by atoms with Crippen LogP contribution in [0.25, 0.3) is 0 Å². The van der Waals surface area contributed by atoms with Crippen molar-refractivity contribution < 1.29 is 19.1 Å². The number of hydrogen-bond acceptors (Lipinski definition) is 4. The van der Waals surface area contributed by atoms with Gasteiger partial charge in [-0.2, -0.15) is 0 Å². The largest absolute Gasteiger partial charge is 0.460 e. The third-order valence-corrected chi connectivity index (χ3v) is 6.37. The molecular weight excluding hydrogens is 316 g/mol. The summed E-state index contributed by atoms with van der Waals surface area (Å²) in [6, 6.07) is 0. The topological polar surface area (TPSA) is 52.6 Å². The highest BCUT2D eigenvalue weighted by Gasteiger charge is 2.66. The molecule has 1 saturated heterocycles. The van der Waals surface area contributed by atoms with Crippen LogP contribution in [0.5, 0.6) is 0 Å². The predicted octanol–water partition coefficient (Wildman–Crippen LogP) is 3.97. The summed E-state index contributed by atoms with van der Waals surface area (Å²) in [6.45, 7) is 10.1. The molecule has 0 N–H and O–H groups in total. The van der Waals surface area contributed by atoms with Gasteiger partial charge >= 0.3 is 11.9 Å². The van der Waals surface area contributed by atoms with E-state index < -0.39 is 0 Å². The van der Waals surface area contributed by atoms with Gasteiger partial charge in [-0.05, 0) is 56.8 Å². The molecule has 2 aliphatic carbocycles. The molecule has 3 fully saturated rings. The molecule has 0 aromatic heterocycles. The number of hydrogen-bond donors (Lipinski definition) is 0. The zero-order valence-corrected chi connectivity index (χ0v) is 15.4. The van der Waals surface area contributed by atoms with E-state index in [0.29, 0.717) is 17.4 Å². The van der Waals surface area contributed by atoms with E-state index in [1.807, 2.05) is 19.9 Å². The van der Waals surface area contributed by atoms with E-state index in [2.05, 4.69) is 13.5 Å². The minimum Gasteiger partial charge on any atom is -0.460 e. The van der Waals surface area contributed by atoms with Gasteiger partial charge in [0.1, 0.15) is 6.10 Å². The Morgan fingerprint density at radius 3 is 2.96 bits per heavy atom. The Labute approximate surface area is 150 Å². The molecule has 0 bridgehead atoms. The fourth-order valence-corrected chi connectivity index (χ4v) is 4.84. The van der Waals surface area contributed by atoms with E-state index in [1.54, 1.807) is 12.2 Å². The van der Waals surface area contributed by atoms with E-state index in [4.69, 9.17) is 9.47 Å². The van der Waals surface area contributed by atoms with Crippen molar-refractivity contribution in [2.75, 3.05) is 0 Å². The molecule has 3 rings (SSSR count). The van der Waals surface area contributed by atoms with E-state index >= 15 is 0 Å². The third-order valence-electron chi connectivity index (χ3n) is 6.37. The van der Waals surface area contributed by atoms with Gasteiger partial charge in [-0.3, -0.25) is 0 Å². The molecule has 136 valence electrons. The van der Waals surface area contributed by atoms with Gasteiger partial charge in [0, 0.05) is 17.6 Å². The maximum Gasteiger partial charge on any atom is 0.334 e. The summed E-state index contributed by atoms with van der Waals surface area (Å²) in [4.78, 5) is 23.4. The second-order valence-electron chi connectivity index (χ2n) is 7.94. The Kier molecular flexibility index (Phi) is 4.90. The summed E-state index contributed by atoms with van der Waals surface area (Å²) in [5.41, 5.74) is 0.926. The van der Waals surface area contributed by atoms with Crippen LogP contribution in [-0.2, 0) is 19.1 Å². The number of carbonyl (C=O) groups excluding carboxylic acids is 2. The number of carbonyl (C=O) groups is 2. The lowest BCUT2D eigenvalue weighted by atomic mass is 9.79. The molecule has 0 aromatic rings. The van der Waals surface area contributed by atoms with Crippen molar-refractivity contribution in [2.45, 2.75) is 58.7 Å². The molecule has 1 heterocycles. The van der Waals surface area contributed by atoms with Gasteiger partial charge in [0.2, 0.25) is 0 Å². The third kappa shape index (κ3) is 3.44. The predicted molar refractivity (Wildman–Crippen MR) is 95.6 cm³/mol. The number of allylic oxidation sites excluding steroid dienone is 3. The molecular formula is C21H28O4. The van der Waals surface area contributed by atoms with E-state index in [1.165, 1.54) is 6.08 Å². The number of ether oxygens (including phenoxy) is 2. The summed E-state index contributed by atoms with van der Waals surface area (Å²) < 4.78 is 10.9. The van der Waals surface area contributed by atoms with E-state index in [9.17, 15) is 9.59 Å². The fraction of sp³-hybridized carbons (Fsp3) is 0.619. The van der Waals surface area contributed by atoms with Crippen LogP contribution in [0.3, 0.4) is 0 Å². The van der Waals surface area contributed by atoms with E-state index in [-0.39, 0.29) is 35.5 Å². The van der Waals surface area contributed by atoms with Gasteiger partial charge in [0.05, 0.1) is 6.10 Å². The fourth-order valence-electron chi connectivity index (χ4n) is 4.84. The lowest BCUT2D eigenvalue weighted by molar-refractivity contribution is -0.142. The van der Waals surface area contributed by atoms with Crippen molar-refractivity contribution in [1.82, 2.24) is 0 Å². The zero-order valence-electron chi connectivity index (χ0n) is 15.4. The van der Waals surface area contributed by atoms with Crippen LogP contribution in [-0.4, -0.2) is 24.1 Å². The SMILES string of the molecule is C=C1C(=O)O[C@@H]2C[C@]3(C)C(CCC(C)OC(=O)/C=C/C=C/C)[C@@H]3C[C@H]12. The summed E-state index contributed by atoms with van der Waals surface area (Å²) in [5, 5.41) is 0. The van der Waals surface area contributed by atoms with Crippen molar-refractivity contribution in [3.63, 3.8) is 0 Å². The van der Waals surface area contributed by atoms with Gasteiger partial charge in [-0.15, -0.1) is 0 Å².